The van der Waals surface area contributed by atoms with Gasteiger partial charge in [-0.2, -0.15) is 0 Å². The van der Waals surface area contributed by atoms with Gasteiger partial charge in [0, 0.05) is 12.2 Å². The van der Waals surface area contributed by atoms with Crippen LogP contribution in [0.2, 0.25) is 0 Å². The molecule has 0 fully saturated rings. The Hall–Kier alpha value is -3.38. The van der Waals surface area contributed by atoms with Crippen LogP contribution in [0.3, 0.4) is 0 Å². The van der Waals surface area contributed by atoms with E-state index in [9.17, 15) is 9.18 Å². The van der Waals surface area contributed by atoms with Crippen molar-refractivity contribution in [3.63, 3.8) is 0 Å². The first-order chi connectivity index (χ1) is 14.5. The van der Waals surface area contributed by atoms with Crippen molar-refractivity contribution in [2.45, 2.75) is 12.6 Å². The second kappa shape index (κ2) is 9.89. The first-order valence-corrected chi connectivity index (χ1v) is 9.54. The van der Waals surface area contributed by atoms with Crippen molar-refractivity contribution >= 4 is 11.6 Å². The molecule has 0 radical (unpaired) electrons. The van der Waals surface area contributed by atoms with Crippen molar-refractivity contribution in [3.8, 4) is 11.5 Å². The number of carbonyl (C=O) groups is 1. The average molecular weight is 408 g/mol. The Labute approximate surface area is 176 Å². The predicted octanol–water partition coefficient (Wildman–Crippen LogP) is 4.65. The van der Waals surface area contributed by atoms with E-state index in [0.717, 1.165) is 11.1 Å². The van der Waals surface area contributed by atoms with Crippen LogP contribution in [0.15, 0.2) is 72.8 Å². The summed E-state index contributed by atoms with van der Waals surface area (Å²) in [5.74, 6) is 0.738. The van der Waals surface area contributed by atoms with E-state index in [0.29, 0.717) is 23.7 Å². The van der Waals surface area contributed by atoms with E-state index in [1.165, 1.54) is 12.1 Å². The highest BCUT2D eigenvalue weighted by Gasteiger charge is 2.25. The Kier molecular flexibility index (Phi) is 7.03. The topological polar surface area (TPSA) is 50.8 Å². The Balaban J connectivity index is 1.84. The van der Waals surface area contributed by atoms with Gasteiger partial charge < -0.3 is 14.8 Å². The summed E-state index contributed by atoms with van der Waals surface area (Å²) in [6.45, 7) is 0.511. The molecule has 0 heterocycles. The van der Waals surface area contributed by atoms with Crippen LogP contribution in [0, 0.1) is 5.82 Å². The van der Waals surface area contributed by atoms with Crippen LogP contribution in [-0.2, 0) is 11.3 Å². The summed E-state index contributed by atoms with van der Waals surface area (Å²) >= 11 is 0. The van der Waals surface area contributed by atoms with Gasteiger partial charge in [0.2, 0.25) is 5.91 Å². The molecule has 30 heavy (non-hydrogen) atoms. The van der Waals surface area contributed by atoms with Gasteiger partial charge in [0.25, 0.3) is 0 Å². The van der Waals surface area contributed by atoms with E-state index in [1.54, 1.807) is 26.4 Å². The first-order valence-electron chi connectivity index (χ1n) is 9.54. The fourth-order valence-corrected chi connectivity index (χ4v) is 3.34. The van der Waals surface area contributed by atoms with Crippen molar-refractivity contribution in [1.29, 1.82) is 0 Å². The van der Waals surface area contributed by atoms with E-state index in [2.05, 4.69) is 5.32 Å². The second-order valence-electron chi connectivity index (χ2n) is 6.91. The zero-order chi connectivity index (χ0) is 21.5. The quantitative estimate of drug-likeness (QED) is 0.589. The molecule has 3 aromatic carbocycles. The normalized spacial score (nSPS) is 11.8. The lowest BCUT2D eigenvalue weighted by Crippen LogP contribution is -2.34. The number of hydrogen-bond acceptors (Lipinski definition) is 4. The molecular formula is C24H25FN2O3. The summed E-state index contributed by atoms with van der Waals surface area (Å²) in [6.07, 6.45) is 0. The van der Waals surface area contributed by atoms with Crippen LogP contribution < -0.4 is 14.8 Å². The van der Waals surface area contributed by atoms with Crippen molar-refractivity contribution in [2.75, 3.05) is 26.6 Å². The standard InChI is InChI=1S/C24H25FN2O3/c1-27(16-17-9-14-21(29-2)22(15-17)30-3)23(18-7-5-4-6-8-18)24(28)26-20-12-10-19(25)11-13-20/h4-15,23H,16H2,1-3H3,(H,26,28). The maximum atomic E-state index is 13.2. The van der Waals surface area contributed by atoms with Crippen molar-refractivity contribution in [2.24, 2.45) is 0 Å². The third-order valence-corrected chi connectivity index (χ3v) is 4.80. The number of nitrogens with one attached hydrogen (secondary N) is 1. The molecule has 5 nitrogen and oxygen atoms in total. The minimum Gasteiger partial charge on any atom is -0.493 e. The molecule has 0 spiro atoms. The largest absolute Gasteiger partial charge is 0.493 e. The predicted molar refractivity (Wildman–Crippen MR) is 115 cm³/mol. The van der Waals surface area contributed by atoms with Crippen molar-refractivity contribution in [3.05, 3.63) is 89.7 Å². The summed E-state index contributed by atoms with van der Waals surface area (Å²) < 4.78 is 23.9. The Morgan fingerprint density at radius 2 is 1.63 bits per heavy atom. The van der Waals surface area contributed by atoms with Gasteiger partial charge in [-0.1, -0.05) is 36.4 Å². The minimum atomic E-state index is -0.538. The fraction of sp³-hybridized carbons (Fsp3) is 0.208. The lowest BCUT2D eigenvalue weighted by atomic mass is 10.0. The molecule has 156 valence electrons. The molecular weight excluding hydrogens is 383 g/mol. The molecule has 0 aliphatic carbocycles. The third-order valence-electron chi connectivity index (χ3n) is 4.80. The van der Waals surface area contributed by atoms with Gasteiger partial charge in [-0.15, -0.1) is 0 Å². The first kappa shape index (κ1) is 21.3. The molecule has 0 saturated heterocycles. The monoisotopic (exact) mass is 408 g/mol. The average Bonchev–Trinajstić information content (AvgIpc) is 2.76. The number of rotatable bonds is 8. The summed E-state index contributed by atoms with van der Waals surface area (Å²) in [4.78, 5) is 15.1. The van der Waals surface area contributed by atoms with E-state index >= 15 is 0 Å². The third kappa shape index (κ3) is 5.15. The van der Waals surface area contributed by atoms with Crippen molar-refractivity contribution in [1.82, 2.24) is 4.90 Å². The highest BCUT2D eigenvalue weighted by molar-refractivity contribution is 5.95. The number of anilines is 1. The van der Waals surface area contributed by atoms with Gasteiger partial charge >= 0.3 is 0 Å². The molecule has 6 heteroatoms. The molecule has 0 aromatic heterocycles. The number of nitrogens with zero attached hydrogens (tertiary/aromatic N) is 1. The van der Waals surface area contributed by atoms with Gasteiger partial charge in [-0.3, -0.25) is 9.69 Å². The second-order valence-corrected chi connectivity index (χ2v) is 6.91. The van der Waals surface area contributed by atoms with Gasteiger partial charge in [0.15, 0.2) is 11.5 Å². The smallest absolute Gasteiger partial charge is 0.246 e. The van der Waals surface area contributed by atoms with Gasteiger partial charge in [-0.05, 0) is 54.6 Å². The number of hydrogen-bond donors (Lipinski definition) is 1. The zero-order valence-electron chi connectivity index (χ0n) is 17.3. The molecule has 1 unspecified atom stereocenters. The molecule has 1 atom stereocenters. The van der Waals surface area contributed by atoms with E-state index in [4.69, 9.17) is 9.47 Å². The van der Waals surface area contributed by atoms with E-state index in [1.807, 2.05) is 60.5 Å². The zero-order valence-corrected chi connectivity index (χ0v) is 17.3. The van der Waals surface area contributed by atoms with Crippen LogP contribution in [0.1, 0.15) is 17.2 Å². The van der Waals surface area contributed by atoms with Crippen LogP contribution in [0.5, 0.6) is 11.5 Å². The minimum absolute atomic E-state index is 0.198. The maximum Gasteiger partial charge on any atom is 0.246 e. The molecule has 3 aromatic rings. The van der Waals surface area contributed by atoms with Gasteiger partial charge in [0.05, 0.1) is 14.2 Å². The molecule has 3 rings (SSSR count). The Morgan fingerprint density at radius 1 is 0.967 bits per heavy atom. The number of halogens is 1. The highest BCUT2D eigenvalue weighted by Crippen LogP contribution is 2.29. The maximum absolute atomic E-state index is 13.2. The SMILES string of the molecule is COc1ccc(CN(C)C(C(=O)Nc2ccc(F)cc2)c2ccccc2)cc1OC. The number of carbonyl (C=O) groups excluding carboxylic acids is 1. The Morgan fingerprint density at radius 3 is 2.27 bits per heavy atom. The summed E-state index contributed by atoms with van der Waals surface area (Å²) in [6, 6.07) is 20.4. The summed E-state index contributed by atoms with van der Waals surface area (Å²) in [5.41, 5.74) is 2.38. The number of likely N-dealkylation sites (N-methyl/N-ethyl adjacent to an activating group) is 1. The number of ether oxygens (including phenoxy) is 2. The summed E-state index contributed by atoms with van der Waals surface area (Å²) in [7, 11) is 5.07. The number of methoxy groups -OCH3 is 2. The number of amides is 1. The molecule has 1 N–H and O–H groups in total. The highest BCUT2D eigenvalue weighted by atomic mass is 19.1. The molecule has 0 saturated carbocycles. The van der Waals surface area contributed by atoms with Gasteiger partial charge in [-0.25, -0.2) is 4.39 Å². The molecule has 0 bridgehead atoms. The summed E-state index contributed by atoms with van der Waals surface area (Å²) in [5, 5.41) is 2.88. The van der Waals surface area contributed by atoms with Crippen LogP contribution >= 0.6 is 0 Å². The number of benzene rings is 3. The van der Waals surface area contributed by atoms with E-state index in [-0.39, 0.29) is 11.7 Å². The van der Waals surface area contributed by atoms with Crippen LogP contribution in [0.25, 0.3) is 0 Å². The van der Waals surface area contributed by atoms with E-state index < -0.39 is 6.04 Å². The molecule has 0 aliphatic rings. The van der Waals surface area contributed by atoms with Crippen LogP contribution in [0.4, 0.5) is 10.1 Å². The molecule has 1 amide bonds. The van der Waals surface area contributed by atoms with Crippen LogP contribution in [-0.4, -0.2) is 32.1 Å². The lowest BCUT2D eigenvalue weighted by Gasteiger charge is -2.28. The van der Waals surface area contributed by atoms with Gasteiger partial charge in [0.1, 0.15) is 11.9 Å². The Bertz CT molecular complexity index is 978. The molecule has 0 aliphatic heterocycles. The van der Waals surface area contributed by atoms with Crippen molar-refractivity contribution < 1.29 is 18.7 Å². The fourth-order valence-electron chi connectivity index (χ4n) is 3.34. The lowest BCUT2D eigenvalue weighted by molar-refractivity contribution is -0.121.